The number of hydrogen-bond acceptors (Lipinski definition) is 2. The van der Waals surface area contributed by atoms with Crippen molar-refractivity contribution in [2.45, 2.75) is 40.7 Å². The lowest BCUT2D eigenvalue weighted by molar-refractivity contribution is 0.220. The van der Waals surface area contributed by atoms with Gasteiger partial charge in [-0.05, 0) is 51.1 Å². The van der Waals surface area contributed by atoms with Crippen LogP contribution >= 0.6 is 0 Å². The van der Waals surface area contributed by atoms with Crippen molar-refractivity contribution >= 4 is 11.7 Å². The van der Waals surface area contributed by atoms with Crippen LogP contribution in [0.5, 0.6) is 0 Å². The summed E-state index contributed by atoms with van der Waals surface area (Å²) in [6.45, 7) is 13.1. The minimum Gasteiger partial charge on any atom is -0.336 e. The van der Waals surface area contributed by atoms with E-state index >= 15 is 0 Å². The third kappa shape index (κ3) is 4.85. The van der Waals surface area contributed by atoms with E-state index in [2.05, 4.69) is 36.3 Å². The molecule has 0 aliphatic heterocycles. The second kappa shape index (κ2) is 7.90. The first-order chi connectivity index (χ1) is 9.47. The molecule has 4 heteroatoms. The lowest BCUT2D eigenvalue weighted by Crippen LogP contribution is -2.43. The minimum absolute atomic E-state index is 0.141. The summed E-state index contributed by atoms with van der Waals surface area (Å²) in [4.78, 5) is 14.3. The fourth-order valence-electron chi connectivity index (χ4n) is 2.25. The van der Waals surface area contributed by atoms with Crippen LogP contribution in [0.1, 0.15) is 31.9 Å². The van der Waals surface area contributed by atoms with E-state index in [1.165, 1.54) is 0 Å². The predicted octanol–water partition coefficient (Wildman–Crippen LogP) is 3.16. The summed E-state index contributed by atoms with van der Waals surface area (Å²) in [5, 5.41) is 5.85. The molecule has 0 saturated heterocycles. The van der Waals surface area contributed by atoms with E-state index in [0.717, 1.165) is 29.9 Å². The SMILES string of the molecule is CCN(CC)C(C)CNC(=O)Nc1cc(C)ccc1C. The van der Waals surface area contributed by atoms with Gasteiger partial charge in [0, 0.05) is 18.3 Å². The predicted molar refractivity (Wildman–Crippen MR) is 85.3 cm³/mol. The van der Waals surface area contributed by atoms with E-state index in [1.807, 2.05) is 32.0 Å². The van der Waals surface area contributed by atoms with Crippen LogP contribution in [0.4, 0.5) is 10.5 Å². The Bertz CT molecular complexity index is 441. The number of anilines is 1. The Morgan fingerprint density at radius 3 is 2.50 bits per heavy atom. The van der Waals surface area contributed by atoms with Crippen molar-refractivity contribution < 1.29 is 4.79 Å². The van der Waals surface area contributed by atoms with Crippen LogP contribution in [0.25, 0.3) is 0 Å². The molecule has 0 radical (unpaired) electrons. The Kier molecular flexibility index (Phi) is 6.52. The summed E-state index contributed by atoms with van der Waals surface area (Å²) in [6.07, 6.45) is 0. The van der Waals surface area contributed by atoms with E-state index in [0.29, 0.717) is 12.6 Å². The molecule has 0 bridgehead atoms. The van der Waals surface area contributed by atoms with Crippen LogP contribution in [-0.2, 0) is 0 Å². The van der Waals surface area contributed by atoms with Crippen LogP contribution in [0.3, 0.4) is 0 Å². The maximum absolute atomic E-state index is 11.9. The highest BCUT2D eigenvalue weighted by atomic mass is 16.2. The topological polar surface area (TPSA) is 44.4 Å². The summed E-state index contributed by atoms with van der Waals surface area (Å²) < 4.78 is 0. The van der Waals surface area contributed by atoms with Gasteiger partial charge in [0.1, 0.15) is 0 Å². The molecule has 0 aliphatic rings. The van der Waals surface area contributed by atoms with E-state index in [4.69, 9.17) is 0 Å². The summed E-state index contributed by atoms with van der Waals surface area (Å²) >= 11 is 0. The number of nitrogens with one attached hydrogen (secondary N) is 2. The molecule has 1 atom stereocenters. The van der Waals surface area contributed by atoms with Crippen molar-refractivity contribution in [2.75, 3.05) is 25.0 Å². The largest absolute Gasteiger partial charge is 0.336 e. The normalized spacial score (nSPS) is 12.3. The van der Waals surface area contributed by atoms with E-state index in [-0.39, 0.29) is 6.03 Å². The van der Waals surface area contributed by atoms with Crippen molar-refractivity contribution in [1.82, 2.24) is 10.2 Å². The van der Waals surface area contributed by atoms with Crippen molar-refractivity contribution in [3.63, 3.8) is 0 Å². The number of nitrogens with zero attached hydrogens (tertiary/aromatic N) is 1. The Hall–Kier alpha value is -1.55. The molecule has 0 saturated carbocycles. The summed E-state index contributed by atoms with van der Waals surface area (Å²) in [7, 11) is 0. The lowest BCUT2D eigenvalue weighted by atomic mass is 10.1. The average molecular weight is 277 g/mol. The molecule has 0 fully saturated rings. The monoisotopic (exact) mass is 277 g/mol. The number of rotatable bonds is 6. The van der Waals surface area contributed by atoms with Crippen molar-refractivity contribution in [3.8, 4) is 0 Å². The van der Waals surface area contributed by atoms with Crippen LogP contribution in [0, 0.1) is 13.8 Å². The zero-order valence-corrected chi connectivity index (χ0v) is 13.3. The molecule has 2 amide bonds. The fourth-order valence-corrected chi connectivity index (χ4v) is 2.25. The van der Waals surface area contributed by atoms with Crippen LogP contribution in [0.2, 0.25) is 0 Å². The second-order valence-electron chi connectivity index (χ2n) is 5.22. The third-order valence-corrected chi connectivity index (χ3v) is 3.64. The molecule has 0 spiro atoms. The average Bonchev–Trinajstić information content (AvgIpc) is 2.42. The van der Waals surface area contributed by atoms with Gasteiger partial charge in [-0.3, -0.25) is 4.90 Å². The Morgan fingerprint density at radius 1 is 1.25 bits per heavy atom. The zero-order valence-electron chi connectivity index (χ0n) is 13.3. The molecule has 0 heterocycles. The Morgan fingerprint density at radius 2 is 1.90 bits per heavy atom. The number of hydrogen-bond donors (Lipinski definition) is 2. The molecule has 1 aromatic rings. The van der Waals surface area contributed by atoms with Gasteiger partial charge in [-0.15, -0.1) is 0 Å². The highest BCUT2D eigenvalue weighted by Gasteiger charge is 2.11. The molecule has 4 nitrogen and oxygen atoms in total. The second-order valence-corrected chi connectivity index (χ2v) is 5.22. The molecule has 0 aliphatic carbocycles. The van der Waals surface area contributed by atoms with Gasteiger partial charge in [0.15, 0.2) is 0 Å². The van der Waals surface area contributed by atoms with Crippen LogP contribution in [-0.4, -0.2) is 36.6 Å². The molecule has 1 unspecified atom stereocenters. The van der Waals surface area contributed by atoms with Crippen LogP contribution in [0.15, 0.2) is 18.2 Å². The molecule has 20 heavy (non-hydrogen) atoms. The van der Waals surface area contributed by atoms with Gasteiger partial charge >= 0.3 is 6.03 Å². The number of carbonyl (C=O) groups is 1. The van der Waals surface area contributed by atoms with Gasteiger partial charge in [-0.25, -0.2) is 4.79 Å². The number of benzene rings is 1. The first-order valence-corrected chi connectivity index (χ1v) is 7.34. The van der Waals surface area contributed by atoms with Crippen LogP contribution < -0.4 is 10.6 Å². The first-order valence-electron chi connectivity index (χ1n) is 7.34. The number of amides is 2. The highest BCUT2D eigenvalue weighted by molar-refractivity contribution is 5.90. The van der Waals surface area contributed by atoms with Gasteiger partial charge < -0.3 is 10.6 Å². The number of urea groups is 1. The smallest absolute Gasteiger partial charge is 0.319 e. The van der Waals surface area contributed by atoms with E-state index in [1.54, 1.807) is 0 Å². The van der Waals surface area contributed by atoms with E-state index < -0.39 is 0 Å². The number of aryl methyl sites for hydroxylation is 2. The Labute approximate surface area is 122 Å². The summed E-state index contributed by atoms with van der Waals surface area (Å²) in [6, 6.07) is 6.25. The molecular weight excluding hydrogens is 250 g/mol. The van der Waals surface area contributed by atoms with Gasteiger partial charge in [-0.2, -0.15) is 0 Å². The first kappa shape index (κ1) is 16.5. The number of carbonyl (C=O) groups excluding carboxylic acids is 1. The molecular formula is C16H27N3O. The minimum atomic E-state index is -0.141. The Balaban J connectivity index is 2.50. The highest BCUT2D eigenvalue weighted by Crippen LogP contribution is 2.15. The van der Waals surface area contributed by atoms with Crippen molar-refractivity contribution in [1.29, 1.82) is 0 Å². The lowest BCUT2D eigenvalue weighted by Gasteiger charge is -2.26. The fraction of sp³-hybridized carbons (Fsp3) is 0.562. The molecule has 2 N–H and O–H groups in total. The third-order valence-electron chi connectivity index (χ3n) is 3.64. The van der Waals surface area contributed by atoms with Gasteiger partial charge in [0.25, 0.3) is 0 Å². The van der Waals surface area contributed by atoms with E-state index in [9.17, 15) is 4.79 Å². The van der Waals surface area contributed by atoms with Gasteiger partial charge in [0.05, 0.1) is 0 Å². The van der Waals surface area contributed by atoms with Gasteiger partial charge in [-0.1, -0.05) is 26.0 Å². The van der Waals surface area contributed by atoms with Crippen molar-refractivity contribution in [3.05, 3.63) is 29.3 Å². The summed E-state index contributed by atoms with van der Waals surface area (Å²) in [5.74, 6) is 0. The molecule has 112 valence electrons. The summed E-state index contributed by atoms with van der Waals surface area (Å²) in [5.41, 5.74) is 3.09. The quantitative estimate of drug-likeness (QED) is 0.839. The standard InChI is InChI=1S/C16H27N3O/c1-6-19(7-2)14(5)11-17-16(20)18-15-10-12(3)8-9-13(15)4/h8-10,14H,6-7,11H2,1-5H3,(H2,17,18,20). The van der Waals surface area contributed by atoms with Gasteiger partial charge in [0.2, 0.25) is 0 Å². The maximum Gasteiger partial charge on any atom is 0.319 e. The van der Waals surface area contributed by atoms with Crippen molar-refractivity contribution in [2.24, 2.45) is 0 Å². The maximum atomic E-state index is 11.9. The molecule has 1 aromatic carbocycles. The molecule has 1 rings (SSSR count). The molecule has 0 aromatic heterocycles. The zero-order chi connectivity index (χ0) is 15.1. The number of likely N-dealkylation sites (N-methyl/N-ethyl adjacent to an activating group) is 1.